The standard InChI is InChI=1S/C44H63N11O21/c1-19(57)35(44(75)76)54-40(71)25(15-20-4-6-21(58)7-5-20)51-42(73)29-3-2-14-55(29)43(74)27(17-34(65)66)52-37(68)24(10-13-32(61)62)49-39(70)26(16-33(63)64)50-41(72)28(18-56)53-38(69)23(9-12-31(47)60)48-36(67)22(45)8-11-30(46)59/h4-7,19,22-29,35,56-58H,2-3,8-18,45H2,1H3,(H2,46,59)(H2,47,60)(H,48,67)(H,49,70)(H,50,72)(H,51,73)(H,52,68)(H,53,69)(H,54,71)(H,61,62)(H,63,64)(H,65,66)(H,75,76)/t19-,22+,23+,24+,25+,26+,27+,28+,29+,35+/m1/s1. The third-order valence-corrected chi connectivity index (χ3v) is 11.3. The van der Waals surface area contributed by atoms with E-state index in [-0.39, 0.29) is 44.4 Å². The van der Waals surface area contributed by atoms with E-state index in [1.165, 1.54) is 24.3 Å². The quantitative estimate of drug-likeness (QED) is 0.0311. The number of aliphatic hydroxyl groups excluding tert-OH is 2. The number of likely N-dealkylation sites (tertiary alicyclic amines) is 1. The number of carbonyl (C=O) groups excluding carboxylic acids is 10. The lowest BCUT2D eigenvalue weighted by molar-refractivity contribution is -0.146. The van der Waals surface area contributed by atoms with Gasteiger partial charge in [-0.3, -0.25) is 62.3 Å². The highest BCUT2D eigenvalue weighted by molar-refractivity contribution is 6.00. The predicted molar refractivity (Wildman–Crippen MR) is 253 cm³/mol. The highest BCUT2D eigenvalue weighted by Gasteiger charge is 2.41. The molecule has 10 amide bonds. The Kier molecular flexibility index (Phi) is 25.6. The fraction of sp³-hybridized carbons (Fsp3) is 0.545. The van der Waals surface area contributed by atoms with Gasteiger partial charge < -0.3 is 95.1 Å². The minimum Gasteiger partial charge on any atom is -0.508 e. The molecule has 1 saturated heterocycles. The van der Waals surface area contributed by atoms with Crippen LogP contribution in [0.15, 0.2) is 24.3 Å². The Balaban J connectivity index is 2.39. The van der Waals surface area contributed by atoms with Crippen molar-refractivity contribution < 1.29 is 103 Å². The molecule has 1 aliphatic rings. The molecule has 10 atom stereocenters. The number of phenols is 1. The molecule has 0 unspecified atom stereocenters. The molecular formula is C44H63N11O21. The number of carboxylic acid groups (broad SMARTS) is 4. The SMILES string of the molecule is C[C@@H](O)[C@H](NC(=O)[C@H](Cc1ccc(O)cc1)NC(=O)[C@@H]1CCCN1C(=O)[C@H](CC(=O)O)NC(=O)[C@H](CCC(=O)O)NC(=O)[C@H](CC(=O)O)NC(=O)[C@H](CO)NC(=O)[C@H](CCC(N)=O)NC(=O)[C@@H](N)CCC(N)=O)C(=O)O. The number of hydrogen-bond acceptors (Lipinski definition) is 18. The fourth-order valence-corrected chi connectivity index (χ4v) is 7.33. The first kappa shape index (κ1) is 63.6. The van der Waals surface area contributed by atoms with E-state index in [0.29, 0.717) is 5.56 Å². The molecule has 2 rings (SSSR count). The Morgan fingerprint density at radius 3 is 1.57 bits per heavy atom. The molecular weight excluding hydrogens is 1020 g/mol. The number of nitrogens with one attached hydrogen (secondary N) is 7. The number of nitrogens with two attached hydrogens (primary N) is 3. The molecule has 76 heavy (non-hydrogen) atoms. The number of aliphatic carboxylic acids is 4. The average Bonchev–Trinajstić information content (AvgIpc) is 3.83. The van der Waals surface area contributed by atoms with Crippen LogP contribution in [-0.4, -0.2) is 197 Å². The van der Waals surface area contributed by atoms with E-state index in [1.54, 1.807) is 0 Å². The molecule has 0 spiro atoms. The van der Waals surface area contributed by atoms with Gasteiger partial charge in [0.05, 0.1) is 31.6 Å². The Morgan fingerprint density at radius 1 is 0.592 bits per heavy atom. The first-order valence-corrected chi connectivity index (χ1v) is 23.2. The summed E-state index contributed by atoms with van der Waals surface area (Å²) in [4.78, 5) is 179. The van der Waals surface area contributed by atoms with Crippen molar-refractivity contribution in [2.24, 2.45) is 17.2 Å². The van der Waals surface area contributed by atoms with E-state index >= 15 is 0 Å². The second-order valence-electron chi connectivity index (χ2n) is 17.4. The van der Waals surface area contributed by atoms with Crippen molar-refractivity contribution >= 4 is 82.9 Å². The van der Waals surface area contributed by atoms with Gasteiger partial charge in [-0.1, -0.05) is 12.1 Å². The highest BCUT2D eigenvalue weighted by Crippen LogP contribution is 2.21. The van der Waals surface area contributed by atoms with E-state index in [1.807, 2.05) is 16.0 Å². The van der Waals surface area contributed by atoms with E-state index in [0.717, 1.165) is 11.8 Å². The van der Waals surface area contributed by atoms with E-state index < -0.39 is 189 Å². The van der Waals surface area contributed by atoms with Crippen LogP contribution in [0.1, 0.15) is 76.7 Å². The van der Waals surface area contributed by atoms with Crippen LogP contribution in [0.25, 0.3) is 0 Å². The van der Waals surface area contributed by atoms with Crippen LogP contribution < -0.4 is 54.4 Å². The van der Waals surface area contributed by atoms with E-state index in [9.17, 15) is 103 Å². The van der Waals surface area contributed by atoms with Gasteiger partial charge in [0.15, 0.2) is 6.04 Å². The number of amides is 10. The van der Waals surface area contributed by atoms with Crippen molar-refractivity contribution in [3.8, 4) is 5.75 Å². The minimum absolute atomic E-state index is 0.0973. The molecule has 420 valence electrons. The number of aliphatic hydroxyl groups is 2. The topological polar surface area (TPSA) is 546 Å². The van der Waals surface area contributed by atoms with Gasteiger partial charge in [0.2, 0.25) is 59.1 Å². The first-order valence-electron chi connectivity index (χ1n) is 23.2. The van der Waals surface area contributed by atoms with Gasteiger partial charge in [0, 0.05) is 32.2 Å². The normalized spacial score (nSPS) is 16.5. The van der Waals surface area contributed by atoms with Crippen molar-refractivity contribution in [1.82, 2.24) is 42.1 Å². The van der Waals surface area contributed by atoms with Gasteiger partial charge in [-0.2, -0.15) is 0 Å². The summed E-state index contributed by atoms with van der Waals surface area (Å²) in [6, 6.07) is -11.0. The Bertz CT molecular complexity index is 2330. The molecule has 0 aliphatic carbocycles. The van der Waals surface area contributed by atoms with Crippen LogP contribution in [0.3, 0.4) is 0 Å². The molecule has 32 nitrogen and oxygen atoms in total. The lowest BCUT2D eigenvalue weighted by atomic mass is 10.0. The zero-order valence-electron chi connectivity index (χ0n) is 40.8. The van der Waals surface area contributed by atoms with Crippen LogP contribution in [0, 0.1) is 0 Å². The van der Waals surface area contributed by atoms with Gasteiger partial charge in [0.1, 0.15) is 48.0 Å². The van der Waals surface area contributed by atoms with Crippen LogP contribution in [0.4, 0.5) is 0 Å². The number of carbonyl (C=O) groups is 14. The summed E-state index contributed by atoms with van der Waals surface area (Å²) in [6.45, 7) is -0.400. The van der Waals surface area contributed by atoms with Gasteiger partial charge in [-0.15, -0.1) is 0 Å². The zero-order valence-corrected chi connectivity index (χ0v) is 40.8. The number of aromatic hydroxyl groups is 1. The number of rotatable bonds is 33. The molecule has 1 aliphatic heterocycles. The second-order valence-corrected chi connectivity index (χ2v) is 17.4. The Morgan fingerprint density at radius 2 is 1.05 bits per heavy atom. The van der Waals surface area contributed by atoms with E-state index in [4.69, 9.17) is 17.2 Å². The van der Waals surface area contributed by atoms with Gasteiger partial charge >= 0.3 is 23.9 Å². The van der Waals surface area contributed by atoms with Gasteiger partial charge in [0.25, 0.3) is 0 Å². The summed E-state index contributed by atoms with van der Waals surface area (Å²) in [7, 11) is 0. The largest absolute Gasteiger partial charge is 0.508 e. The lowest BCUT2D eigenvalue weighted by Gasteiger charge is -2.30. The number of phenolic OH excluding ortho intramolecular Hbond substituents is 1. The molecule has 1 aromatic carbocycles. The maximum absolute atomic E-state index is 14.1. The fourth-order valence-electron chi connectivity index (χ4n) is 7.33. The molecule has 1 aromatic rings. The van der Waals surface area contributed by atoms with Crippen molar-refractivity contribution in [2.45, 2.75) is 138 Å². The summed E-state index contributed by atoms with van der Waals surface area (Å²) in [5.41, 5.74) is 16.3. The summed E-state index contributed by atoms with van der Waals surface area (Å²) in [5, 5.41) is 83.0. The van der Waals surface area contributed by atoms with Crippen molar-refractivity contribution in [2.75, 3.05) is 13.2 Å². The smallest absolute Gasteiger partial charge is 0.328 e. The third-order valence-electron chi connectivity index (χ3n) is 11.3. The summed E-state index contributed by atoms with van der Waals surface area (Å²) in [5.74, 6) is -18.4. The Labute approximate surface area is 431 Å². The number of carboxylic acids is 4. The minimum atomic E-state index is -2.19. The molecule has 0 saturated carbocycles. The molecule has 32 heteroatoms. The predicted octanol–water partition coefficient (Wildman–Crippen LogP) is -7.55. The molecule has 1 fully saturated rings. The third kappa shape index (κ3) is 21.5. The molecule has 0 bridgehead atoms. The number of nitrogens with zero attached hydrogens (tertiary/aromatic N) is 1. The van der Waals surface area contributed by atoms with Gasteiger partial charge in [-0.25, -0.2) is 4.79 Å². The van der Waals surface area contributed by atoms with Crippen LogP contribution in [0.2, 0.25) is 0 Å². The monoisotopic (exact) mass is 1080 g/mol. The number of benzene rings is 1. The van der Waals surface area contributed by atoms with E-state index in [2.05, 4.69) is 21.3 Å². The van der Waals surface area contributed by atoms with Crippen LogP contribution in [-0.2, 0) is 73.5 Å². The summed E-state index contributed by atoms with van der Waals surface area (Å²) >= 11 is 0. The first-order chi connectivity index (χ1) is 35.5. The molecule has 0 radical (unpaired) electrons. The molecule has 20 N–H and O–H groups in total. The maximum atomic E-state index is 14.1. The van der Waals surface area contributed by atoms with Crippen molar-refractivity contribution in [3.05, 3.63) is 29.8 Å². The Hall–Kier alpha value is -8.52. The molecule has 0 aromatic heterocycles. The number of primary amides is 2. The van der Waals surface area contributed by atoms with Crippen LogP contribution >= 0.6 is 0 Å². The average molecular weight is 1080 g/mol. The zero-order chi connectivity index (χ0) is 57.6. The second kappa shape index (κ2) is 30.6. The maximum Gasteiger partial charge on any atom is 0.328 e. The van der Waals surface area contributed by atoms with Crippen molar-refractivity contribution in [3.63, 3.8) is 0 Å². The lowest BCUT2D eigenvalue weighted by Crippen LogP contribution is -2.61. The number of hydrogen-bond donors (Lipinski definition) is 17. The van der Waals surface area contributed by atoms with Crippen LogP contribution in [0.5, 0.6) is 5.75 Å². The molecule has 1 heterocycles. The summed E-state index contributed by atoms with van der Waals surface area (Å²) < 4.78 is 0. The van der Waals surface area contributed by atoms with Crippen molar-refractivity contribution in [1.29, 1.82) is 0 Å². The summed E-state index contributed by atoms with van der Waals surface area (Å²) in [6.07, 6.45) is -7.67. The highest BCUT2D eigenvalue weighted by atomic mass is 16.4. The van der Waals surface area contributed by atoms with Gasteiger partial charge in [-0.05, 0) is 56.7 Å².